The lowest BCUT2D eigenvalue weighted by atomic mass is 9.92. The summed E-state index contributed by atoms with van der Waals surface area (Å²) in [6.45, 7) is 1.60. The fraction of sp³-hybridized carbons (Fsp3) is 0.290. The van der Waals surface area contributed by atoms with Crippen LogP contribution in [0.25, 0.3) is 54.2 Å². The molecule has 0 aliphatic heterocycles. The van der Waals surface area contributed by atoms with Crippen molar-refractivity contribution in [2.45, 2.75) is 89.5 Å². The van der Waals surface area contributed by atoms with Gasteiger partial charge in [0.25, 0.3) is 0 Å². The van der Waals surface area contributed by atoms with Crippen LogP contribution < -0.4 is 31.6 Å². The van der Waals surface area contributed by atoms with Crippen molar-refractivity contribution in [3.63, 3.8) is 0 Å². The molecule has 0 aliphatic carbocycles. The highest BCUT2D eigenvalue weighted by molar-refractivity contribution is 6.10. The Bertz CT molecular complexity index is 2980. The van der Waals surface area contributed by atoms with Crippen molar-refractivity contribution < 1.29 is 38.1 Å². The van der Waals surface area contributed by atoms with E-state index in [2.05, 4.69) is 34.9 Å². The summed E-state index contributed by atoms with van der Waals surface area (Å²) in [5.74, 6) is -0.270. The number of halogens is 2. The number of hydrogen-bond donors (Lipinski definition) is 4. The van der Waals surface area contributed by atoms with E-state index in [1.807, 2.05) is 133 Å². The summed E-state index contributed by atoms with van der Waals surface area (Å²) in [6, 6.07) is 50.2. The largest absolute Gasteiger partial charge is 0.493 e. The SMILES string of the molecule is Cl.Cl.NCCCC[C@@H](NC(=O)CCCOc1ccc2ccccc2c1-c1c(OCCCC(=O)N[C@H](CCCCN)C(=O)OCc2cccc3ccccc23)ccc2ccccc12)C(=O)OCc1cccc2ccccc12. The fourth-order valence-corrected chi connectivity index (χ4v) is 9.44. The van der Waals surface area contributed by atoms with Crippen molar-refractivity contribution >= 4 is 91.7 Å². The van der Waals surface area contributed by atoms with Gasteiger partial charge in [0, 0.05) is 24.0 Å². The monoisotopic (exact) mass is 1070 g/mol. The Hall–Kier alpha value is -7.22. The quantitative estimate of drug-likeness (QED) is 0.0286. The first-order chi connectivity index (χ1) is 36.3. The molecular weight excluding hydrogens is 1000 g/mol. The third-order valence-corrected chi connectivity index (χ3v) is 13.3. The van der Waals surface area contributed by atoms with Crippen LogP contribution in [0, 0.1) is 0 Å². The molecule has 8 rings (SSSR count). The van der Waals surface area contributed by atoms with Gasteiger partial charge in [-0.15, -0.1) is 24.8 Å². The molecule has 2 amide bonds. The minimum absolute atomic E-state index is 0. The topological polar surface area (TPSA) is 181 Å². The summed E-state index contributed by atoms with van der Waals surface area (Å²) in [4.78, 5) is 53.8. The Balaban J connectivity index is 0.00000469. The van der Waals surface area contributed by atoms with Crippen molar-refractivity contribution in [3.05, 3.63) is 169 Å². The van der Waals surface area contributed by atoms with E-state index < -0.39 is 24.0 Å². The maximum absolute atomic E-state index is 13.5. The highest BCUT2D eigenvalue weighted by Crippen LogP contribution is 2.45. The van der Waals surface area contributed by atoms with Crippen molar-refractivity contribution in [1.29, 1.82) is 0 Å². The van der Waals surface area contributed by atoms with Gasteiger partial charge in [0.15, 0.2) is 0 Å². The number of nitrogens with two attached hydrogens (primary N) is 2. The average Bonchev–Trinajstić information content (AvgIpc) is 3.44. The zero-order valence-corrected chi connectivity index (χ0v) is 44.3. The number of esters is 2. The normalized spacial score (nSPS) is 11.8. The zero-order chi connectivity index (χ0) is 51.5. The standard InChI is InChI=1S/C62H66N4O8.2ClH/c63-37-11-9-29-53(61(69)73-41-47-23-13-21-43-17-1-5-25-49(43)47)65-57(67)31-15-39-71-55-35-33-45-19-3-7-27-51(45)59(55)60-52-28-8-4-20-46(52)34-36-56(60)72-40-16-32-58(68)66-54(30-10-12-38-64)62(70)74-42-48-24-14-22-44-18-2-6-26-50(44)48;;/h1-8,13-14,17-28,33-36,53-54H,9-12,15-16,29-32,37-42,63-64H2,(H,65,67)(H,66,68);2*1H/t53-,54-;;/m1../s1. The van der Waals surface area contributed by atoms with E-state index in [-0.39, 0.29) is 75.9 Å². The summed E-state index contributed by atoms with van der Waals surface area (Å²) in [5.41, 5.74) is 15.0. The predicted molar refractivity (Wildman–Crippen MR) is 308 cm³/mol. The molecule has 0 bridgehead atoms. The fourth-order valence-electron chi connectivity index (χ4n) is 9.44. The number of fused-ring (bicyclic) bond motifs is 4. The van der Waals surface area contributed by atoms with Crippen LogP contribution in [0.5, 0.6) is 11.5 Å². The van der Waals surface area contributed by atoms with Crippen LogP contribution in [0.4, 0.5) is 0 Å². The molecule has 12 nitrogen and oxygen atoms in total. The van der Waals surface area contributed by atoms with Gasteiger partial charge in [-0.3, -0.25) is 9.59 Å². The smallest absolute Gasteiger partial charge is 0.328 e. The van der Waals surface area contributed by atoms with E-state index in [1.54, 1.807) is 0 Å². The molecule has 0 radical (unpaired) electrons. The van der Waals surface area contributed by atoms with Gasteiger partial charge >= 0.3 is 11.9 Å². The van der Waals surface area contributed by atoms with Gasteiger partial charge in [0.05, 0.1) is 13.2 Å². The van der Waals surface area contributed by atoms with E-state index in [0.717, 1.165) is 78.2 Å². The first kappa shape index (κ1) is 58.0. The van der Waals surface area contributed by atoms with E-state index in [4.69, 9.17) is 30.4 Å². The van der Waals surface area contributed by atoms with Gasteiger partial charge in [-0.1, -0.05) is 146 Å². The summed E-state index contributed by atoms with van der Waals surface area (Å²) in [6.07, 6.45) is 4.62. The van der Waals surface area contributed by atoms with Crippen LogP contribution in [0.3, 0.4) is 0 Å². The van der Waals surface area contributed by atoms with Crippen LogP contribution >= 0.6 is 24.8 Å². The Morgan fingerprint density at radius 1 is 0.408 bits per heavy atom. The molecule has 0 aliphatic rings. The molecule has 398 valence electrons. The Morgan fingerprint density at radius 2 is 0.763 bits per heavy atom. The van der Waals surface area contributed by atoms with Gasteiger partial charge < -0.3 is 41.0 Å². The third kappa shape index (κ3) is 15.4. The number of carbonyl (C=O) groups is 4. The van der Waals surface area contributed by atoms with Crippen molar-refractivity contribution in [3.8, 4) is 22.6 Å². The van der Waals surface area contributed by atoms with Crippen LogP contribution in [0.2, 0.25) is 0 Å². The number of ether oxygens (including phenoxy) is 4. The number of rotatable bonds is 27. The summed E-state index contributed by atoms with van der Waals surface area (Å²) in [7, 11) is 0. The molecule has 0 fully saturated rings. The molecule has 0 saturated carbocycles. The summed E-state index contributed by atoms with van der Waals surface area (Å²) < 4.78 is 24.7. The van der Waals surface area contributed by atoms with Gasteiger partial charge in [-0.2, -0.15) is 0 Å². The molecule has 0 heterocycles. The zero-order valence-electron chi connectivity index (χ0n) is 42.7. The van der Waals surface area contributed by atoms with Gasteiger partial charge in [-0.25, -0.2) is 9.59 Å². The molecule has 0 aromatic heterocycles. The summed E-state index contributed by atoms with van der Waals surface area (Å²) in [5, 5.41) is 13.9. The van der Waals surface area contributed by atoms with Crippen LogP contribution in [-0.2, 0) is 41.9 Å². The van der Waals surface area contributed by atoms with Crippen LogP contribution in [-0.4, -0.2) is 62.1 Å². The minimum Gasteiger partial charge on any atom is -0.493 e. The van der Waals surface area contributed by atoms with Crippen LogP contribution in [0.15, 0.2) is 158 Å². The number of amides is 2. The molecule has 0 unspecified atom stereocenters. The second-order valence-corrected chi connectivity index (χ2v) is 18.5. The molecule has 0 spiro atoms. The van der Waals surface area contributed by atoms with Crippen molar-refractivity contribution in [2.24, 2.45) is 11.5 Å². The second-order valence-electron chi connectivity index (χ2n) is 18.5. The number of hydrogen-bond acceptors (Lipinski definition) is 10. The molecule has 14 heteroatoms. The molecule has 8 aromatic carbocycles. The molecule has 6 N–H and O–H groups in total. The second kappa shape index (κ2) is 29.8. The van der Waals surface area contributed by atoms with Gasteiger partial charge in [0.1, 0.15) is 36.8 Å². The lowest BCUT2D eigenvalue weighted by molar-refractivity contribution is -0.149. The lowest BCUT2D eigenvalue weighted by Crippen LogP contribution is -2.42. The van der Waals surface area contributed by atoms with Crippen molar-refractivity contribution in [1.82, 2.24) is 10.6 Å². The molecule has 0 saturated heterocycles. The first-order valence-electron chi connectivity index (χ1n) is 25.9. The Morgan fingerprint density at radius 3 is 1.16 bits per heavy atom. The van der Waals surface area contributed by atoms with E-state index in [1.165, 1.54) is 0 Å². The molecular formula is C62H68Cl2N4O8. The lowest BCUT2D eigenvalue weighted by Gasteiger charge is -2.20. The van der Waals surface area contributed by atoms with E-state index >= 15 is 0 Å². The highest BCUT2D eigenvalue weighted by atomic mass is 35.5. The summed E-state index contributed by atoms with van der Waals surface area (Å²) >= 11 is 0. The van der Waals surface area contributed by atoms with Gasteiger partial charge in [-0.05, 0) is 131 Å². The first-order valence-corrected chi connectivity index (χ1v) is 25.9. The molecule has 2 atom stereocenters. The number of carbonyl (C=O) groups excluding carboxylic acids is 4. The molecule has 8 aromatic rings. The highest BCUT2D eigenvalue weighted by Gasteiger charge is 2.25. The maximum Gasteiger partial charge on any atom is 0.328 e. The minimum atomic E-state index is -0.810. The maximum atomic E-state index is 13.5. The third-order valence-electron chi connectivity index (χ3n) is 13.3. The predicted octanol–water partition coefficient (Wildman–Crippen LogP) is 11.8. The van der Waals surface area contributed by atoms with Crippen LogP contribution in [0.1, 0.15) is 75.3 Å². The average molecular weight is 1070 g/mol. The number of benzene rings is 8. The Kier molecular flexibility index (Phi) is 22.7. The Labute approximate surface area is 457 Å². The van der Waals surface area contributed by atoms with Gasteiger partial charge in [0.2, 0.25) is 11.8 Å². The molecule has 76 heavy (non-hydrogen) atoms. The number of unbranched alkanes of at least 4 members (excludes halogenated alkanes) is 2. The van der Waals surface area contributed by atoms with Crippen molar-refractivity contribution in [2.75, 3.05) is 26.3 Å². The van der Waals surface area contributed by atoms with E-state index in [0.29, 0.717) is 63.1 Å². The van der Waals surface area contributed by atoms with E-state index in [9.17, 15) is 19.2 Å². The number of nitrogens with one attached hydrogen (secondary N) is 2.